The SMILES string of the molecule is COc1cccc(C(N)=O)c1OCC(=O)N1CCCC1. The molecular weight excluding hydrogens is 260 g/mol. The third-order valence-electron chi connectivity index (χ3n) is 3.26. The number of methoxy groups -OCH3 is 1. The smallest absolute Gasteiger partial charge is 0.260 e. The Morgan fingerprint density at radius 1 is 1.30 bits per heavy atom. The van der Waals surface area contributed by atoms with Crippen molar-refractivity contribution in [2.75, 3.05) is 26.8 Å². The number of nitrogens with two attached hydrogens (primary N) is 1. The number of carbonyl (C=O) groups is 2. The third-order valence-corrected chi connectivity index (χ3v) is 3.26. The van der Waals surface area contributed by atoms with E-state index in [1.165, 1.54) is 7.11 Å². The molecule has 0 atom stereocenters. The van der Waals surface area contributed by atoms with Gasteiger partial charge in [-0.2, -0.15) is 0 Å². The standard InChI is InChI=1S/C14H18N2O4/c1-19-11-6-4-5-10(14(15)18)13(11)20-9-12(17)16-7-2-3-8-16/h4-6H,2-3,7-9H2,1H3,(H2,15,18). The predicted octanol–water partition coefficient (Wildman–Crippen LogP) is 0.795. The summed E-state index contributed by atoms with van der Waals surface area (Å²) in [7, 11) is 1.47. The van der Waals surface area contributed by atoms with Gasteiger partial charge in [-0.15, -0.1) is 0 Å². The second kappa shape index (κ2) is 6.27. The molecule has 6 nitrogen and oxygen atoms in total. The number of primary amides is 1. The molecule has 0 unspecified atom stereocenters. The summed E-state index contributed by atoms with van der Waals surface area (Å²) >= 11 is 0. The van der Waals surface area contributed by atoms with Crippen LogP contribution in [0.4, 0.5) is 0 Å². The van der Waals surface area contributed by atoms with E-state index in [2.05, 4.69) is 0 Å². The van der Waals surface area contributed by atoms with Crippen molar-refractivity contribution in [1.29, 1.82) is 0 Å². The van der Waals surface area contributed by atoms with Crippen molar-refractivity contribution >= 4 is 11.8 Å². The molecule has 1 aromatic carbocycles. The van der Waals surface area contributed by atoms with Gasteiger partial charge in [0.25, 0.3) is 11.8 Å². The van der Waals surface area contributed by atoms with Gasteiger partial charge in [-0.3, -0.25) is 9.59 Å². The van der Waals surface area contributed by atoms with Gasteiger partial charge in [-0.05, 0) is 25.0 Å². The number of amides is 2. The van der Waals surface area contributed by atoms with E-state index in [1.807, 2.05) is 0 Å². The Balaban J connectivity index is 2.11. The van der Waals surface area contributed by atoms with Crippen LogP contribution < -0.4 is 15.2 Å². The highest BCUT2D eigenvalue weighted by molar-refractivity contribution is 5.96. The van der Waals surface area contributed by atoms with Gasteiger partial charge >= 0.3 is 0 Å². The number of hydrogen-bond acceptors (Lipinski definition) is 4. The summed E-state index contributed by atoms with van der Waals surface area (Å²) in [6.07, 6.45) is 2.04. The van der Waals surface area contributed by atoms with Crippen molar-refractivity contribution in [3.8, 4) is 11.5 Å². The fourth-order valence-electron chi connectivity index (χ4n) is 2.21. The van der Waals surface area contributed by atoms with Crippen LogP contribution in [0.25, 0.3) is 0 Å². The lowest BCUT2D eigenvalue weighted by Crippen LogP contribution is -2.32. The van der Waals surface area contributed by atoms with Crippen molar-refractivity contribution in [1.82, 2.24) is 4.90 Å². The number of hydrogen-bond donors (Lipinski definition) is 1. The molecule has 2 rings (SSSR count). The Bertz CT molecular complexity index is 510. The van der Waals surface area contributed by atoms with Crippen molar-refractivity contribution < 1.29 is 19.1 Å². The van der Waals surface area contributed by atoms with Crippen LogP contribution >= 0.6 is 0 Å². The summed E-state index contributed by atoms with van der Waals surface area (Å²) in [5, 5.41) is 0. The van der Waals surface area contributed by atoms with E-state index in [0.29, 0.717) is 5.75 Å². The molecule has 1 heterocycles. The Hall–Kier alpha value is -2.24. The summed E-state index contributed by atoms with van der Waals surface area (Å²) in [4.78, 5) is 25.1. The van der Waals surface area contributed by atoms with Gasteiger partial charge in [0.1, 0.15) is 0 Å². The largest absolute Gasteiger partial charge is 0.493 e. The fraction of sp³-hybridized carbons (Fsp3) is 0.429. The molecule has 1 aliphatic heterocycles. The van der Waals surface area contributed by atoms with Crippen LogP contribution in [0.1, 0.15) is 23.2 Å². The van der Waals surface area contributed by atoms with Crippen LogP contribution in [-0.4, -0.2) is 43.5 Å². The molecule has 6 heteroatoms. The number of carbonyl (C=O) groups excluding carboxylic acids is 2. The van der Waals surface area contributed by atoms with Gasteiger partial charge in [0.2, 0.25) is 0 Å². The number of likely N-dealkylation sites (tertiary alicyclic amines) is 1. The topological polar surface area (TPSA) is 81.9 Å². The molecule has 2 N–H and O–H groups in total. The van der Waals surface area contributed by atoms with E-state index >= 15 is 0 Å². The van der Waals surface area contributed by atoms with Crippen molar-refractivity contribution in [2.45, 2.75) is 12.8 Å². The quantitative estimate of drug-likeness (QED) is 0.863. The summed E-state index contributed by atoms with van der Waals surface area (Å²) in [6.45, 7) is 1.40. The predicted molar refractivity (Wildman–Crippen MR) is 72.8 cm³/mol. The zero-order valence-electron chi connectivity index (χ0n) is 11.4. The molecule has 1 aromatic rings. The first-order chi connectivity index (χ1) is 9.63. The van der Waals surface area contributed by atoms with Gasteiger partial charge in [0.15, 0.2) is 18.1 Å². The minimum Gasteiger partial charge on any atom is -0.493 e. The lowest BCUT2D eigenvalue weighted by Gasteiger charge is -2.17. The average molecular weight is 278 g/mol. The van der Waals surface area contributed by atoms with Crippen LogP contribution in [0.15, 0.2) is 18.2 Å². The molecule has 1 fully saturated rings. The second-order valence-electron chi connectivity index (χ2n) is 4.58. The van der Waals surface area contributed by atoms with Crippen LogP contribution in [0, 0.1) is 0 Å². The van der Waals surface area contributed by atoms with Crippen LogP contribution in [0.3, 0.4) is 0 Å². The van der Waals surface area contributed by atoms with Crippen molar-refractivity contribution in [2.24, 2.45) is 5.73 Å². The van der Waals surface area contributed by atoms with E-state index in [9.17, 15) is 9.59 Å². The number of benzene rings is 1. The van der Waals surface area contributed by atoms with Crippen LogP contribution in [0.5, 0.6) is 11.5 Å². The molecule has 0 aliphatic carbocycles. The first-order valence-electron chi connectivity index (χ1n) is 6.51. The summed E-state index contributed by atoms with van der Waals surface area (Å²) in [5.41, 5.74) is 5.50. The average Bonchev–Trinajstić information content (AvgIpc) is 2.98. The van der Waals surface area contributed by atoms with Crippen LogP contribution in [0.2, 0.25) is 0 Å². The minimum absolute atomic E-state index is 0.0937. The maximum Gasteiger partial charge on any atom is 0.260 e. The minimum atomic E-state index is -0.618. The summed E-state index contributed by atoms with van der Waals surface area (Å²) in [5.74, 6) is -0.109. The highest BCUT2D eigenvalue weighted by Crippen LogP contribution is 2.30. The van der Waals surface area contributed by atoms with Gasteiger partial charge in [0, 0.05) is 13.1 Å². The number of rotatable bonds is 5. The van der Waals surface area contributed by atoms with Gasteiger partial charge in [-0.25, -0.2) is 0 Å². The van der Waals surface area contributed by atoms with Crippen molar-refractivity contribution in [3.63, 3.8) is 0 Å². The van der Waals surface area contributed by atoms with E-state index < -0.39 is 5.91 Å². The zero-order chi connectivity index (χ0) is 14.5. The first kappa shape index (κ1) is 14.2. The molecule has 108 valence electrons. The molecule has 2 amide bonds. The number of nitrogens with zero attached hydrogens (tertiary/aromatic N) is 1. The zero-order valence-corrected chi connectivity index (χ0v) is 11.4. The molecule has 0 bridgehead atoms. The molecule has 20 heavy (non-hydrogen) atoms. The Morgan fingerprint density at radius 3 is 2.60 bits per heavy atom. The second-order valence-corrected chi connectivity index (χ2v) is 4.58. The van der Waals surface area contributed by atoms with E-state index in [4.69, 9.17) is 15.2 Å². The van der Waals surface area contributed by atoms with Gasteiger partial charge in [-0.1, -0.05) is 6.07 Å². The summed E-state index contributed by atoms with van der Waals surface area (Å²) in [6, 6.07) is 4.84. The molecule has 1 aliphatic rings. The molecule has 0 radical (unpaired) electrons. The monoisotopic (exact) mass is 278 g/mol. The third kappa shape index (κ3) is 3.01. The Morgan fingerprint density at radius 2 is 2.00 bits per heavy atom. The highest BCUT2D eigenvalue weighted by atomic mass is 16.5. The van der Waals surface area contributed by atoms with Gasteiger partial charge in [0.05, 0.1) is 12.7 Å². The lowest BCUT2D eigenvalue weighted by molar-refractivity contribution is -0.132. The van der Waals surface area contributed by atoms with Gasteiger partial charge < -0.3 is 20.1 Å². The van der Waals surface area contributed by atoms with Crippen LogP contribution in [-0.2, 0) is 4.79 Å². The number of para-hydroxylation sites is 1. The van der Waals surface area contributed by atoms with E-state index in [0.717, 1.165) is 25.9 Å². The summed E-state index contributed by atoms with van der Waals surface area (Å²) < 4.78 is 10.6. The Labute approximate surface area is 117 Å². The first-order valence-corrected chi connectivity index (χ1v) is 6.51. The Kier molecular flexibility index (Phi) is 4.45. The maximum atomic E-state index is 11.9. The normalized spacial score (nSPS) is 14.2. The lowest BCUT2D eigenvalue weighted by atomic mass is 10.2. The molecule has 0 aromatic heterocycles. The molecule has 0 spiro atoms. The number of ether oxygens (including phenoxy) is 2. The highest BCUT2D eigenvalue weighted by Gasteiger charge is 2.20. The van der Waals surface area contributed by atoms with Crippen molar-refractivity contribution in [3.05, 3.63) is 23.8 Å². The van der Waals surface area contributed by atoms with E-state index in [-0.39, 0.29) is 23.8 Å². The molecule has 1 saturated heterocycles. The molecular formula is C14H18N2O4. The maximum absolute atomic E-state index is 11.9. The fourth-order valence-corrected chi connectivity index (χ4v) is 2.21. The van der Waals surface area contributed by atoms with E-state index in [1.54, 1.807) is 23.1 Å². The molecule has 0 saturated carbocycles.